The zero-order chi connectivity index (χ0) is 13.2. The fourth-order valence-electron chi connectivity index (χ4n) is 1.27. The summed E-state index contributed by atoms with van der Waals surface area (Å²) < 4.78 is 42.4. The van der Waals surface area contributed by atoms with Crippen LogP contribution in [0.5, 0.6) is 0 Å². The number of alkyl halides is 3. The van der Waals surface area contributed by atoms with Crippen molar-refractivity contribution in [2.24, 2.45) is 0 Å². The molecule has 0 fully saturated rings. The molecule has 0 aliphatic carbocycles. The van der Waals surface area contributed by atoms with Gasteiger partial charge in [0.2, 0.25) is 0 Å². The molecule has 0 aliphatic heterocycles. The second-order valence-electron chi connectivity index (χ2n) is 3.72. The topological polar surface area (TPSA) is 52.3 Å². The fraction of sp³-hybridized carbons (Fsp3) is 0.364. The van der Waals surface area contributed by atoms with Gasteiger partial charge in [-0.05, 0) is 26.0 Å². The van der Waals surface area contributed by atoms with Gasteiger partial charge < -0.3 is 10.5 Å². The largest absolute Gasteiger partial charge is 0.459 e. The minimum atomic E-state index is -4.59. The molecule has 0 saturated carbocycles. The van der Waals surface area contributed by atoms with E-state index in [-0.39, 0.29) is 5.56 Å². The third kappa shape index (κ3) is 3.12. The monoisotopic (exact) mass is 247 g/mol. The first-order valence-electron chi connectivity index (χ1n) is 4.90. The van der Waals surface area contributed by atoms with Gasteiger partial charge in [0.25, 0.3) is 0 Å². The predicted molar refractivity (Wildman–Crippen MR) is 56.4 cm³/mol. The maximum atomic E-state index is 12.5. The number of benzene rings is 1. The lowest BCUT2D eigenvalue weighted by molar-refractivity contribution is -0.136. The molecule has 0 heterocycles. The number of nitrogen functional groups attached to an aromatic ring is 1. The van der Waals surface area contributed by atoms with Gasteiger partial charge in [-0.3, -0.25) is 0 Å². The van der Waals surface area contributed by atoms with Crippen LogP contribution in [0.25, 0.3) is 0 Å². The lowest BCUT2D eigenvalue weighted by Gasteiger charge is -2.14. The van der Waals surface area contributed by atoms with Gasteiger partial charge in [0.1, 0.15) is 0 Å². The Morgan fingerprint density at radius 2 is 1.94 bits per heavy atom. The first-order chi connectivity index (χ1) is 7.73. The van der Waals surface area contributed by atoms with Crippen molar-refractivity contribution < 1.29 is 22.7 Å². The lowest BCUT2D eigenvalue weighted by Crippen LogP contribution is -2.16. The minimum absolute atomic E-state index is 0.270. The SMILES string of the molecule is CC(C)OC(=O)c1cccc(C(F)(F)F)c1N. The highest BCUT2D eigenvalue weighted by Crippen LogP contribution is 2.35. The molecule has 2 N–H and O–H groups in total. The van der Waals surface area contributed by atoms with Gasteiger partial charge in [0.15, 0.2) is 0 Å². The highest BCUT2D eigenvalue weighted by molar-refractivity contribution is 5.96. The smallest absolute Gasteiger partial charge is 0.418 e. The highest BCUT2D eigenvalue weighted by Gasteiger charge is 2.34. The minimum Gasteiger partial charge on any atom is -0.459 e. The van der Waals surface area contributed by atoms with Gasteiger partial charge in [-0.15, -0.1) is 0 Å². The molecule has 1 aromatic carbocycles. The van der Waals surface area contributed by atoms with E-state index in [1.165, 1.54) is 6.07 Å². The number of carbonyl (C=O) groups is 1. The Balaban J connectivity index is 3.15. The summed E-state index contributed by atoms with van der Waals surface area (Å²) in [7, 11) is 0. The molecule has 0 atom stereocenters. The zero-order valence-corrected chi connectivity index (χ0v) is 9.34. The molecule has 94 valence electrons. The Bertz CT molecular complexity index is 427. The first kappa shape index (κ1) is 13.3. The van der Waals surface area contributed by atoms with Crippen molar-refractivity contribution in [3.63, 3.8) is 0 Å². The van der Waals surface area contributed by atoms with Gasteiger partial charge in [0.05, 0.1) is 22.9 Å². The molecular weight excluding hydrogens is 235 g/mol. The molecule has 0 bridgehead atoms. The van der Waals surface area contributed by atoms with Gasteiger partial charge in [0, 0.05) is 0 Å². The average molecular weight is 247 g/mol. The molecule has 0 spiro atoms. The summed E-state index contributed by atoms with van der Waals surface area (Å²) in [5, 5.41) is 0. The summed E-state index contributed by atoms with van der Waals surface area (Å²) in [6.07, 6.45) is -5.01. The molecule has 1 rings (SSSR count). The Morgan fingerprint density at radius 3 is 2.41 bits per heavy atom. The number of ether oxygens (including phenoxy) is 1. The first-order valence-corrected chi connectivity index (χ1v) is 4.90. The predicted octanol–water partition coefficient (Wildman–Crippen LogP) is 2.85. The van der Waals surface area contributed by atoms with Gasteiger partial charge in [-0.1, -0.05) is 6.07 Å². The van der Waals surface area contributed by atoms with Crippen LogP contribution in [0.2, 0.25) is 0 Å². The maximum Gasteiger partial charge on any atom is 0.418 e. The molecule has 17 heavy (non-hydrogen) atoms. The number of para-hydroxylation sites is 1. The number of halogens is 3. The van der Waals surface area contributed by atoms with Crippen LogP contribution in [-0.4, -0.2) is 12.1 Å². The van der Waals surface area contributed by atoms with E-state index in [9.17, 15) is 18.0 Å². The molecular formula is C11H12F3NO2. The fourth-order valence-corrected chi connectivity index (χ4v) is 1.27. The van der Waals surface area contributed by atoms with Gasteiger partial charge in [-0.25, -0.2) is 4.79 Å². The summed E-state index contributed by atoms with van der Waals surface area (Å²) in [5.74, 6) is -0.858. The second-order valence-corrected chi connectivity index (χ2v) is 3.72. The van der Waals surface area contributed by atoms with E-state index in [0.29, 0.717) is 0 Å². The van der Waals surface area contributed by atoms with Crippen LogP contribution in [0.3, 0.4) is 0 Å². The molecule has 0 saturated heterocycles. The van der Waals surface area contributed by atoms with Crippen molar-refractivity contribution in [2.75, 3.05) is 5.73 Å². The summed E-state index contributed by atoms with van der Waals surface area (Å²) in [5.41, 5.74) is 3.42. The van der Waals surface area contributed by atoms with E-state index in [0.717, 1.165) is 12.1 Å². The second kappa shape index (κ2) is 4.65. The average Bonchev–Trinajstić information content (AvgIpc) is 2.14. The number of carbonyl (C=O) groups excluding carboxylic acids is 1. The number of esters is 1. The van der Waals surface area contributed by atoms with Crippen LogP contribution >= 0.6 is 0 Å². The van der Waals surface area contributed by atoms with E-state index in [1.54, 1.807) is 13.8 Å². The van der Waals surface area contributed by atoms with Crippen LogP contribution in [0.1, 0.15) is 29.8 Å². The summed E-state index contributed by atoms with van der Waals surface area (Å²) in [6.45, 7) is 3.20. The van der Waals surface area contributed by atoms with Crippen molar-refractivity contribution in [3.8, 4) is 0 Å². The molecule has 0 unspecified atom stereocenters. The van der Waals surface area contributed by atoms with E-state index in [1.807, 2.05) is 0 Å². The molecule has 0 amide bonds. The molecule has 6 heteroatoms. The number of nitrogens with two attached hydrogens (primary N) is 1. The molecule has 0 radical (unpaired) electrons. The molecule has 3 nitrogen and oxygen atoms in total. The lowest BCUT2D eigenvalue weighted by atomic mass is 10.1. The Kier molecular flexibility index (Phi) is 3.65. The van der Waals surface area contributed by atoms with Crippen LogP contribution < -0.4 is 5.73 Å². The maximum absolute atomic E-state index is 12.5. The van der Waals surface area contributed by atoms with Crippen molar-refractivity contribution >= 4 is 11.7 Å². The van der Waals surface area contributed by atoms with Crippen LogP contribution in [0.4, 0.5) is 18.9 Å². The van der Waals surface area contributed by atoms with E-state index < -0.39 is 29.5 Å². The standard InChI is InChI=1S/C11H12F3NO2/c1-6(2)17-10(16)7-4-3-5-8(9(7)15)11(12,13)14/h3-6H,15H2,1-2H3. The van der Waals surface area contributed by atoms with E-state index >= 15 is 0 Å². The van der Waals surface area contributed by atoms with Gasteiger partial charge >= 0.3 is 12.1 Å². The van der Waals surface area contributed by atoms with Crippen LogP contribution in [-0.2, 0) is 10.9 Å². The Hall–Kier alpha value is -1.72. The van der Waals surface area contributed by atoms with E-state index in [4.69, 9.17) is 10.5 Å². The normalized spacial score (nSPS) is 11.6. The highest BCUT2D eigenvalue weighted by atomic mass is 19.4. The number of anilines is 1. The zero-order valence-electron chi connectivity index (χ0n) is 9.34. The van der Waals surface area contributed by atoms with Gasteiger partial charge in [-0.2, -0.15) is 13.2 Å². The van der Waals surface area contributed by atoms with E-state index in [2.05, 4.69) is 0 Å². The van der Waals surface area contributed by atoms with Crippen molar-refractivity contribution in [3.05, 3.63) is 29.3 Å². The molecule has 1 aromatic rings. The van der Waals surface area contributed by atoms with Crippen molar-refractivity contribution in [1.82, 2.24) is 0 Å². The third-order valence-electron chi connectivity index (χ3n) is 1.97. The Labute approximate surface area is 96.4 Å². The van der Waals surface area contributed by atoms with Crippen LogP contribution in [0, 0.1) is 0 Å². The summed E-state index contributed by atoms with van der Waals surface area (Å²) in [6, 6.07) is 3.15. The summed E-state index contributed by atoms with van der Waals surface area (Å²) >= 11 is 0. The summed E-state index contributed by atoms with van der Waals surface area (Å²) in [4.78, 5) is 11.5. The molecule has 0 aromatic heterocycles. The van der Waals surface area contributed by atoms with Crippen molar-refractivity contribution in [2.45, 2.75) is 26.1 Å². The Morgan fingerprint density at radius 1 is 1.35 bits per heavy atom. The van der Waals surface area contributed by atoms with Crippen molar-refractivity contribution in [1.29, 1.82) is 0 Å². The van der Waals surface area contributed by atoms with Crippen LogP contribution in [0.15, 0.2) is 18.2 Å². The quantitative estimate of drug-likeness (QED) is 0.645. The number of rotatable bonds is 2. The third-order valence-corrected chi connectivity index (χ3v) is 1.97. The number of hydrogen-bond acceptors (Lipinski definition) is 3. The number of hydrogen-bond donors (Lipinski definition) is 1. The molecule has 0 aliphatic rings.